The molecule has 5 heteroatoms. The smallest absolute Gasteiger partial charge is 0.335 e. The quantitative estimate of drug-likeness (QED) is 0.897. The van der Waals surface area contributed by atoms with Crippen LogP contribution in [-0.2, 0) is 0 Å². The van der Waals surface area contributed by atoms with Crippen LogP contribution in [0.25, 0.3) is 10.9 Å². The predicted molar refractivity (Wildman–Crippen MR) is 77.0 cm³/mol. The van der Waals surface area contributed by atoms with Gasteiger partial charge in [-0.2, -0.15) is 0 Å². The van der Waals surface area contributed by atoms with Crippen molar-refractivity contribution >= 4 is 22.7 Å². The van der Waals surface area contributed by atoms with Crippen molar-refractivity contribution in [3.05, 3.63) is 30.1 Å². The Kier molecular flexibility index (Phi) is 3.50. The lowest BCUT2D eigenvalue weighted by atomic mass is 9.95. The van der Waals surface area contributed by atoms with Crippen LogP contribution in [0, 0.1) is 0 Å². The molecule has 0 bridgehead atoms. The maximum atomic E-state index is 11.0. The molecule has 20 heavy (non-hydrogen) atoms. The molecule has 104 valence electrons. The third kappa shape index (κ3) is 2.57. The van der Waals surface area contributed by atoms with Crippen LogP contribution < -0.4 is 5.32 Å². The van der Waals surface area contributed by atoms with Gasteiger partial charge >= 0.3 is 5.97 Å². The van der Waals surface area contributed by atoms with Crippen molar-refractivity contribution in [2.75, 3.05) is 5.32 Å². The van der Waals surface area contributed by atoms with E-state index in [0.717, 1.165) is 11.2 Å². The second-order valence-corrected chi connectivity index (χ2v) is 5.24. The molecule has 1 aromatic carbocycles. The van der Waals surface area contributed by atoms with E-state index in [1.165, 1.54) is 38.4 Å². The number of aromatic nitrogens is 2. The molecule has 1 heterocycles. The monoisotopic (exact) mass is 271 g/mol. The van der Waals surface area contributed by atoms with Crippen molar-refractivity contribution in [2.45, 2.75) is 38.1 Å². The summed E-state index contributed by atoms with van der Waals surface area (Å²) < 4.78 is 0. The number of benzene rings is 1. The maximum Gasteiger partial charge on any atom is 0.335 e. The second kappa shape index (κ2) is 5.45. The molecule has 1 saturated carbocycles. The first kappa shape index (κ1) is 12.8. The molecule has 1 aliphatic carbocycles. The number of carboxylic acid groups (broad SMARTS) is 1. The standard InChI is InChI=1S/C15H17N3O2/c19-15(20)10-6-7-12-13(8-10)16-9-17-14(12)18-11-4-2-1-3-5-11/h6-9,11H,1-5H2,(H,19,20)(H,16,17,18). The van der Waals surface area contributed by atoms with E-state index in [0.29, 0.717) is 11.6 Å². The van der Waals surface area contributed by atoms with E-state index in [4.69, 9.17) is 5.11 Å². The lowest BCUT2D eigenvalue weighted by molar-refractivity contribution is 0.0697. The SMILES string of the molecule is O=C(O)c1ccc2c(NC3CCCCC3)ncnc2c1. The fourth-order valence-corrected chi connectivity index (χ4v) is 2.75. The number of anilines is 1. The van der Waals surface area contributed by atoms with Gasteiger partial charge in [-0.3, -0.25) is 0 Å². The molecule has 0 saturated heterocycles. The molecule has 2 N–H and O–H groups in total. The Morgan fingerprint density at radius 1 is 1.20 bits per heavy atom. The Morgan fingerprint density at radius 3 is 2.75 bits per heavy atom. The normalized spacial score (nSPS) is 16.2. The van der Waals surface area contributed by atoms with Crippen LogP contribution in [0.3, 0.4) is 0 Å². The zero-order valence-corrected chi connectivity index (χ0v) is 11.2. The van der Waals surface area contributed by atoms with Crippen LogP contribution in [0.2, 0.25) is 0 Å². The van der Waals surface area contributed by atoms with Gasteiger partial charge in [-0.15, -0.1) is 0 Å². The summed E-state index contributed by atoms with van der Waals surface area (Å²) in [4.78, 5) is 19.5. The van der Waals surface area contributed by atoms with Crippen LogP contribution in [0.15, 0.2) is 24.5 Å². The number of aromatic carboxylic acids is 1. The molecule has 2 aromatic rings. The van der Waals surface area contributed by atoms with Gasteiger partial charge in [0.1, 0.15) is 12.1 Å². The third-order valence-corrected chi connectivity index (χ3v) is 3.83. The predicted octanol–water partition coefficient (Wildman–Crippen LogP) is 3.07. The Labute approximate surface area is 117 Å². The van der Waals surface area contributed by atoms with Gasteiger partial charge in [0.25, 0.3) is 0 Å². The number of carboxylic acids is 1. The summed E-state index contributed by atoms with van der Waals surface area (Å²) in [6.45, 7) is 0. The van der Waals surface area contributed by atoms with E-state index in [2.05, 4.69) is 15.3 Å². The molecule has 5 nitrogen and oxygen atoms in total. The minimum Gasteiger partial charge on any atom is -0.478 e. The highest BCUT2D eigenvalue weighted by Gasteiger charge is 2.15. The van der Waals surface area contributed by atoms with Crippen molar-refractivity contribution in [3.63, 3.8) is 0 Å². The number of rotatable bonds is 3. The van der Waals surface area contributed by atoms with Gasteiger partial charge < -0.3 is 10.4 Å². The Balaban J connectivity index is 1.92. The number of carbonyl (C=O) groups is 1. The highest BCUT2D eigenvalue weighted by molar-refractivity contribution is 5.96. The largest absolute Gasteiger partial charge is 0.478 e. The second-order valence-electron chi connectivity index (χ2n) is 5.24. The summed E-state index contributed by atoms with van der Waals surface area (Å²) in [7, 11) is 0. The van der Waals surface area contributed by atoms with Gasteiger partial charge in [-0.1, -0.05) is 19.3 Å². The first-order valence-corrected chi connectivity index (χ1v) is 6.98. The Hall–Kier alpha value is -2.17. The summed E-state index contributed by atoms with van der Waals surface area (Å²) in [5, 5.41) is 13.4. The maximum absolute atomic E-state index is 11.0. The summed E-state index contributed by atoms with van der Waals surface area (Å²) >= 11 is 0. The number of nitrogens with one attached hydrogen (secondary N) is 1. The fourth-order valence-electron chi connectivity index (χ4n) is 2.75. The topological polar surface area (TPSA) is 75.1 Å². The summed E-state index contributed by atoms with van der Waals surface area (Å²) in [6.07, 6.45) is 7.63. The van der Waals surface area contributed by atoms with E-state index in [9.17, 15) is 4.79 Å². The van der Waals surface area contributed by atoms with Crippen LogP contribution >= 0.6 is 0 Å². The van der Waals surface area contributed by atoms with Crippen LogP contribution in [0.1, 0.15) is 42.5 Å². The summed E-state index contributed by atoms with van der Waals surface area (Å²) in [6, 6.07) is 5.43. The first-order valence-electron chi connectivity index (χ1n) is 6.98. The number of fused-ring (bicyclic) bond motifs is 1. The third-order valence-electron chi connectivity index (χ3n) is 3.83. The molecule has 1 aliphatic rings. The molecule has 1 fully saturated rings. The molecule has 0 spiro atoms. The van der Waals surface area contributed by atoms with Crippen molar-refractivity contribution < 1.29 is 9.90 Å². The van der Waals surface area contributed by atoms with Crippen molar-refractivity contribution in [2.24, 2.45) is 0 Å². The van der Waals surface area contributed by atoms with Gasteiger partial charge in [0, 0.05) is 11.4 Å². The van der Waals surface area contributed by atoms with Crippen LogP contribution in [0.4, 0.5) is 5.82 Å². The fraction of sp³-hybridized carbons (Fsp3) is 0.400. The van der Waals surface area contributed by atoms with E-state index >= 15 is 0 Å². The van der Waals surface area contributed by atoms with Crippen LogP contribution in [-0.4, -0.2) is 27.1 Å². The van der Waals surface area contributed by atoms with Gasteiger partial charge in [-0.05, 0) is 31.0 Å². The van der Waals surface area contributed by atoms with E-state index in [1.54, 1.807) is 18.2 Å². The van der Waals surface area contributed by atoms with E-state index < -0.39 is 5.97 Å². The van der Waals surface area contributed by atoms with Crippen molar-refractivity contribution in [1.82, 2.24) is 9.97 Å². The average Bonchev–Trinajstić information content (AvgIpc) is 2.48. The Morgan fingerprint density at radius 2 is 2.00 bits per heavy atom. The van der Waals surface area contributed by atoms with E-state index in [-0.39, 0.29) is 5.56 Å². The highest BCUT2D eigenvalue weighted by atomic mass is 16.4. The zero-order valence-electron chi connectivity index (χ0n) is 11.2. The lowest BCUT2D eigenvalue weighted by Gasteiger charge is -2.23. The first-order chi connectivity index (χ1) is 9.74. The molecule has 0 unspecified atom stereocenters. The highest BCUT2D eigenvalue weighted by Crippen LogP contribution is 2.25. The molecule has 0 aliphatic heterocycles. The summed E-state index contributed by atoms with van der Waals surface area (Å²) in [5.41, 5.74) is 0.915. The Bertz CT molecular complexity index is 636. The summed E-state index contributed by atoms with van der Waals surface area (Å²) in [5.74, 6) is -0.133. The van der Waals surface area contributed by atoms with Gasteiger partial charge in [-0.25, -0.2) is 14.8 Å². The van der Waals surface area contributed by atoms with Gasteiger partial charge in [0.2, 0.25) is 0 Å². The van der Waals surface area contributed by atoms with Gasteiger partial charge in [0.15, 0.2) is 0 Å². The van der Waals surface area contributed by atoms with Crippen molar-refractivity contribution in [1.29, 1.82) is 0 Å². The molecule has 0 amide bonds. The lowest BCUT2D eigenvalue weighted by Crippen LogP contribution is -2.23. The number of nitrogens with zero attached hydrogens (tertiary/aromatic N) is 2. The van der Waals surface area contributed by atoms with E-state index in [1.807, 2.05) is 0 Å². The minimum absolute atomic E-state index is 0.250. The molecule has 0 atom stereocenters. The zero-order chi connectivity index (χ0) is 13.9. The minimum atomic E-state index is -0.938. The van der Waals surface area contributed by atoms with Gasteiger partial charge in [0.05, 0.1) is 11.1 Å². The molecular weight excluding hydrogens is 254 g/mol. The van der Waals surface area contributed by atoms with Crippen molar-refractivity contribution in [3.8, 4) is 0 Å². The molecule has 3 rings (SSSR count). The average molecular weight is 271 g/mol. The number of hydrogen-bond donors (Lipinski definition) is 2. The molecule has 0 radical (unpaired) electrons. The molecule has 1 aromatic heterocycles. The number of hydrogen-bond acceptors (Lipinski definition) is 4. The van der Waals surface area contributed by atoms with Crippen LogP contribution in [0.5, 0.6) is 0 Å². The molecular formula is C15H17N3O2.